The fourth-order valence-electron chi connectivity index (χ4n) is 2.49. The number of rotatable bonds is 7. The molecule has 0 atom stereocenters. The molecule has 0 aliphatic carbocycles. The summed E-state index contributed by atoms with van der Waals surface area (Å²) in [6.07, 6.45) is 6.80. The third-order valence-electron chi connectivity index (χ3n) is 3.97. The van der Waals surface area contributed by atoms with Crippen LogP contribution in [0, 0.1) is 13.8 Å². The third kappa shape index (κ3) is 4.10. The van der Waals surface area contributed by atoms with E-state index >= 15 is 0 Å². The van der Waals surface area contributed by atoms with Crippen molar-refractivity contribution < 1.29 is 9.21 Å². The second kappa shape index (κ2) is 7.30. The largest absolute Gasteiger partial charge is 0.464 e. The number of fused-ring (bicyclic) bond motifs is 1. The zero-order valence-corrected chi connectivity index (χ0v) is 13.3. The Morgan fingerprint density at radius 1 is 1.14 bits per heavy atom. The zero-order valence-electron chi connectivity index (χ0n) is 13.3. The SMILES string of the molecule is CCCCCCNC(=O)Cc1coc2cc(C)c(C)cc12. The monoisotopic (exact) mass is 287 g/mol. The Labute approximate surface area is 126 Å². The minimum atomic E-state index is 0.0763. The summed E-state index contributed by atoms with van der Waals surface area (Å²) in [5, 5.41) is 4.04. The van der Waals surface area contributed by atoms with E-state index in [1.54, 1.807) is 6.26 Å². The normalized spacial score (nSPS) is 11.0. The van der Waals surface area contributed by atoms with Crippen LogP contribution in [-0.2, 0) is 11.2 Å². The van der Waals surface area contributed by atoms with Crippen LogP contribution in [0.3, 0.4) is 0 Å². The third-order valence-corrected chi connectivity index (χ3v) is 3.97. The Bertz CT molecular complexity index is 613. The molecule has 0 saturated heterocycles. The van der Waals surface area contributed by atoms with Crippen molar-refractivity contribution in [2.24, 2.45) is 0 Å². The second-order valence-electron chi connectivity index (χ2n) is 5.78. The Kier molecular flexibility index (Phi) is 5.43. The lowest BCUT2D eigenvalue weighted by Crippen LogP contribution is -2.25. The number of unbranched alkanes of at least 4 members (excludes halogenated alkanes) is 3. The molecule has 2 aromatic rings. The van der Waals surface area contributed by atoms with Crippen LogP contribution in [0.15, 0.2) is 22.8 Å². The maximum atomic E-state index is 12.0. The highest BCUT2D eigenvalue weighted by molar-refractivity contribution is 5.88. The molecule has 3 heteroatoms. The summed E-state index contributed by atoms with van der Waals surface area (Å²) in [6.45, 7) is 7.11. The first kappa shape index (κ1) is 15.6. The molecule has 1 aromatic carbocycles. The molecule has 114 valence electrons. The van der Waals surface area contributed by atoms with Gasteiger partial charge in [-0.15, -0.1) is 0 Å². The predicted octanol–water partition coefficient (Wildman–Crippen LogP) is 4.29. The van der Waals surface area contributed by atoms with Crippen molar-refractivity contribution in [3.05, 3.63) is 35.1 Å². The van der Waals surface area contributed by atoms with E-state index in [-0.39, 0.29) is 5.91 Å². The quantitative estimate of drug-likeness (QED) is 0.772. The maximum absolute atomic E-state index is 12.0. The van der Waals surface area contributed by atoms with Crippen LogP contribution in [0.1, 0.15) is 49.3 Å². The average molecular weight is 287 g/mol. The number of hydrogen-bond donors (Lipinski definition) is 1. The molecule has 1 amide bonds. The van der Waals surface area contributed by atoms with Gasteiger partial charge in [0.1, 0.15) is 5.58 Å². The number of carbonyl (C=O) groups is 1. The second-order valence-corrected chi connectivity index (χ2v) is 5.78. The molecule has 0 spiro atoms. The van der Waals surface area contributed by atoms with Gasteiger partial charge in [-0.25, -0.2) is 0 Å². The highest BCUT2D eigenvalue weighted by Gasteiger charge is 2.11. The van der Waals surface area contributed by atoms with E-state index in [0.29, 0.717) is 6.42 Å². The van der Waals surface area contributed by atoms with E-state index in [4.69, 9.17) is 4.42 Å². The molecule has 1 heterocycles. The summed E-state index contributed by atoms with van der Waals surface area (Å²) < 4.78 is 5.56. The fraction of sp³-hybridized carbons (Fsp3) is 0.500. The van der Waals surface area contributed by atoms with Crippen molar-refractivity contribution in [2.45, 2.75) is 52.9 Å². The van der Waals surface area contributed by atoms with E-state index < -0.39 is 0 Å². The summed E-state index contributed by atoms with van der Waals surface area (Å²) in [4.78, 5) is 12.0. The standard InChI is InChI=1S/C18H25NO2/c1-4-5-6-7-8-19-18(20)11-15-12-21-17-10-14(3)13(2)9-16(15)17/h9-10,12H,4-8,11H2,1-3H3,(H,19,20). The molecule has 0 radical (unpaired) electrons. The Hall–Kier alpha value is -1.77. The van der Waals surface area contributed by atoms with Crippen molar-refractivity contribution in [3.63, 3.8) is 0 Å². The lowest BCUT2D eigenvalue weighted by molar-refractivity contribution is -0.120. The predicted molar refractivity (Wildman–Crippen MR) is 86.5 cm³/mol. The summed E-state index contributed by atoms with van der Waals surface area (Å²) in [7, 11) is 0. The molecule has 0 bridgehead atoms. The molecule has 0 fully saturated rings. The zero-order chi connectivity index (χ0) is 15.2. The van der Waals surface area contributed by atoms with Gasteiger partial charge in [-0.1, -0.05) is 26.2 Å². The molecular formula is C18H25NO2. The Balaban J connectivity index is 1.93. The number of aryl methyl sites for hydroxylation is 2. The molecule has 0 aliphatic heterocycles. The Morgan fingerprint density at radius 3 is 2.67 bits per heavy atom. The Morgan fingerprint density at radius 2 is 1.90 bits per heavy atom. The number of hydrogen-bond acceptors (Lipinski definition) is 2. The lowest BCUT2D eigenvalue weighted by Gasteiger charge is -2.04. The average Bonchev–Trinajstić information content (AvgIpc) is 2.81. The highest BCUT2D eigenvalue weighted by Crippen LogP contribution is 2.25. The number of carbonyl (C=O) groups excluding carboxylic acids is 1. The first-order valence-electron chi connectivity index (χ1n) is 7.86. The van der Waals surface area contributed by atoms with Gasteiger partial charge in [0.25, 0.3) is 0 Å². The number of furan rings is 1. The van der Waals surface area contributed by atoms with E-state index in [0.717, 1.165) is 29.5 Å². The topological polar surface area (TPSA) is 42.2 Å². The van der Waals surface area contributed by atoms with Crippen LogP contribution in [0.25, 0.3) is 11.0 Å². The van der Waals surface area contributed by atoms with Gasteiger partial charge in [-0.3, -0.25) is 4.79 Å². The van der Waals surface area contributed by atoms with Crippen LogP contribution >= 0.6 is 0 Å². The summed E-state index contributed by atoms with van der Waals surface area (Å²) in [6, 6.07) is 4.15. The van der Waals surface area contributed by atoms with E-state index in [9.17, 15) is 4.79 Å². The van der Waals surface area contributed by atoms with Gasteiger partial charge in [0.2, 0.25) is 5.91 Å². The maximum Gasteiger partial charge on any atom is 0.224 e. The van der Waals surface area contributed by atoms with Crippen molar-refractivity contribution in [3.8, 4) is 0 Å². The van der Waals surface area contributed by atoms with E-state index in [1.807, 2.05) is 6.07 Å². The molecule has 0 unspecified atom stereocenters. The number of nitrogens with one attached hydrogen (secondary N) is 1. The van der Waals surface area contributed by atoms with Crippen LogP contribution in [0.5, 0.6) is 0 Å². The van der Waals surface area contributed by atoms with Gasteiger partial charge in [0.05, 0.1) is 12.7 Å². The molecule has 1 aromatic heterocycles. The summed E-state index contributed by atoms with van der Waals surface area (Å²) in [5.74, 6) is 0.0763. The molecule has 0 aliphatic rings. The summed E-state index contributed by atoms with van der Waals surface area (Å²) >= 11 is 0. The van der Waals surface area contributed by atoms with Gasteiger partial charge >= 0.3 is 0 Å². The molecule has 21 heavy (non-hydrogen) atoms. The molecule has 0 saturated carbocycles. The van der Waals surface area contributed by atoms with Crippen LogP contribution in [0.2, 0.25) is 0 Å². The highest BCUT2D eigenvalue weighted by atomic mass is 16.3. The van der Waals surface area contributed by atoms with Crippen LogP contribution < -0.4 is 5.32 Å². The van der Waals surface area contributed by atoms with Gasteiger partial charge in [-0.05, 0) is 43.5 Å². The number of benzene rings is 1. The summed E-state index contributed by atoms with van der Waals surface area (Å²) in [5.41, 5.74) is 4.27. The first-order valence-corrected chi connectivity index (χ1v) is 7.86. The lowest BCUT2D eigenvalue weighted by atomic mass is 10.0. The molecule has 1 N–H and O–H groups in total. The fourth-order valence-corrected chi connectivity index (χ4v) is 2.49. The van der Waals surface area contributed by atoms with Gasteiger partial charge in [-0.2, -0.15) is 0 Å². The van der Waals surface area contributed by atoms with Crippen molar-refractivity contribution >= 4 is 16.9 Å². The van der Waals surface area contributed by atoms with Gasteiger partial charge in [0.15, 0.2) is 0 Å². The van der Waals surface area contributed by atoms with E-state index in [2.05, 4.69) is 32.2 Å². The molecule has 3 nitrogen and oxygen atoms in total. The smallest absolute Gasteiger partial charge is 0.224 e. The minimum absolute atomic E-state index is 0.0763. The minimum Gasteiger partial charge on any atom is -0.464 e. The van der Waals surface area contributed by atoms with Gasteiger partial charge < -0.3 is 9.73 Å². The van der Waals surface area contributed by atoms with Crippen LogP contribution in [0.4, 0.5) is 0 Å². The molecular weight excluding hydrogens is 262 g/mol. The molecule has 2 rings (SSSR count). The van der Waals surface area contributed by atoms with Gasteiger partial charge in [0, 0.05) is 17.5 Å². The van der Waals surface area contributed by atoms with Crippen molar-refractivity contribution in [2.75, 3.05) is 6.54 Å². The first-order chi connectivity index (χ1) is 10.1. The van der Waals surface area contributed by atoms with Crippen molar-refractivity contribution in [1.29, 1.82) is 0 Å². The number of amides is 1. The van der Waals surface area contributed by atoms with E-state index in [1.165, 1.54) is 30.4 Å². The van der Waals surface area contributed by atoms with Crippen LogP contribution in [-0.4, -0.2) is 12.5 Å². The van der Waals surface area contributed by atoms with Crippen molar-refractivity contribution in [1.82, 2.24) is 5.32 Å².